The van der Waals surface area contributed by atoms with E-state index in [0.29, 0.717) is 18.3 Å². The zero-order valence-electron chi connectivity index (χ0n) is 12.5. The molecule has 0 unspecified atom stereocenters. The molecule has 3 N–H and O–H groups in total. The molecule has 0 atom stereocenters. The van der Waals surface area contributed by atoms with E-state index in [1.165, 1.54) is 0 Å². The van der Waals surface area contributed by atoms with Gasteiger partial charge in [-0.1, -0.05) is 0 Å². The molecule has 0 spiro atoms. The third kappa shape index (κ3) is 4.24. The summed E-state index contributed by atoms with van der Waals surface area (Å²) in [5, 5.41) is 7.13. The average molecular weight is 267 g/mol. The van der Waals surface area contributed by atoms with Crippen LogP contribution >= 0.6 is 0 Å². The minimum atomic E-state index is -0.0391. The molecule has 0 radical (unpaired) electrons. The van der Waals surface area contributed by atoms with E-state index in [-0.39, 0.29) is 12.5 Å². The fraction of sp³-hybridized carbons (Fsp3) is 0.692. The molecule has 1 aromatic heterocycles. The van der Waals surface area contributed by atoms with Crippen molar-refractivity contribution in [1.82, 2.24) is 20.0 Å². The number of carbonyl (C=O) groups excluding carboxylic acids is 1. The standard InChI is InChI=1S/C13H25N5O/c1-9(2)17(5)7-6-15-12(19)8-18-11(4)13(14)10(3)16-18/h9H,6-8,14H2,1-5H3,(H,15,19). The summed E-state index contributed by atoms with van der Waals surface area (Å²) < 4.78 is 1.64. The van der Waals surface area contributed by atoms with Crippen LogP contribution in [0.4, 0.5) is 5.69 Å². The van der Waals surface area contributed by atoms with Gasteiger partial charge in [0.05, 0.1) is 17.1 Å². The first-order chi connectivity index (χ1) is 8.82. The van der Waals surface area contributed by atoms with Crippen molar-refractivity contribution in [2.75, 3.05) is 25.9 Å². The van der Waals surface area contributed by atoms with Gasteiger partial charge in [-0.25, -0.2) is 0 Å². The molecule has 0 aromatic carbocycles. The number of likely N-dealkylation sites (N-methyl/N-ethyl adjacent to an activating group) is 1. The number of amides is 1. The number of hydrogen-bond donors (Lipinski definition) is 2. The van der Waals surface area contributed by atoms with E-state index in [2.05, 4.69) is 29.2 Å². The van der Waals surface area contributed by atoms with Crippen LogP contribution in [0, 0.1) is 13.8 Å². The summed E-state index contributed by atoms with van der Waals surface area (Å²) >= 11 is 0. The van der Waals surface area contributed by atoms with E-state index in [1.807, 2.05) is 20.9 Å². The Morgan fingerprint density at radius 1 is 1.47 bits per heavy atom. The molecule has 19 heavy (non-hydrogen) atoms. The summed E-state index contributed by atoms with van der Waals surface area (Å²) in [6, 6.07) is 0.479. The van der Waals surface area contributed by atoms with E-state index in [1.54, 1.807) is 4.68 Å². The van der Waals surface area contributed by atoms with Crippen LogP contribution in [0.1, 0.15) is 25.2 Å². The van der Waals surface area contributed by atoms with Gasteiger partial charge in [-0.05, 0) is 34.7 Å². The zero-order chi connectivity index (χ0) is 14.6. The van der Waals surface area contributed by atoms with Crippen molar-refractivity contribution in [2.45, 2.75) is 40.3 Å². The van der Waals surface area contributed by atoms with Gasteiger partial charge in [0.2, 0.25) is 5.91 Å². The Labute approximate surface area is 114 Å². The molecule has 1 heterocycles. The summed E-state index contributed by atoms with van der Waals surface area (Å²) in [5.74, 6) is -0.0391. The van der Waals surface area contributed by atoms with E-state index in [9.17, 15) is 4.79 Å². The summed E-state index contributed by atoms with van der Waals surface area (Å²) in [5.41, 5.74) is 8.10. The molecule has 0 aliphatic rings. The Balaban J connectivity index is 2.41. The zero-order valence-corrected chi connectivity index (χ0v) is 12.5. The third-order valence-corrected chi connectivity index (χ3v) is 3.40. The number of nitrogens with one attached hydrogen (secondary N) is 1. The lowest BCUT2D eigenvalue weighted by Crippen LogP contribution is -2.37. The molecule has 0 aliphatic carbocycles. The summed E-state index contributed by atoms with van der Waals surface area (Å²) in [4.78, 5) is 14.0. The number of nitrogen functional groups attached to an aromatic ring is 1. The van der Waals surface area contributed by atoms with Crippen molar-refractivity contribution in [3.05, 3.63) is 11.4 Å². The van der Waals surface area contributed by atoms with Crippen molar-refractivity contribution in [3.63, 3.8) is 0 Å². The van der Waals surface area contributed by atoms with Crippen LogP contribution in [-0.2, 0) is 11.3 Å². The summed E-state index contributed by atoms with van der Waals surface area (Å²) in [6.45, 7) is 9.66. The number of nitrogens with two attached hydrogens (primary N) is 1. The summed E-state index contributed by atoms with van der Waals surface area (Å²) in [6.07, 6.45) is 0. The number of hydrogen-bond acceptors (Lipinski definition) is 4. The van der Waals surface area contributed by atoms with Crippen molar-refractivity contribution in [2.24, 2.45) is 0 Å². The number of rotatable bonds is 6. The van der Waals surface area contributed by atoms with Crippen LogP contribution in [0.3, 0.4) is 0 Å². The molecule has 6 heteroatoms. The molecule has 0 aliphatic heterocycles. The van der Waals surface area contributed by atoms with Gasteiger partial charge in [-0.2, -0.15) is 5.10 Å². The molecule has 108 valence electrons. The Kier molecular flexibility index (Phi) is 5.35. The van der Waals surface area contributed by atoms with Gasteiger partial charge in [-0.3, -0.25) is 9.48 Å². The lowest BCUT2D eigenvalue weighted by molar-refractivity contribution is -0.121. The van der Waals surface area contributed by atoms with Crippen LogP contribution in [0.5, 0.6) is 0 Å². The highest BCUT2D eigenvalue weighted by atomic mass is 16.2. The van der Waals surface area contributed by atoms with Gasteiger partial charge in [0, 0.05) is 19.1 Å². The largest absolute Gasteiger partial charge is 0.396 e. The maximum atomic E-state index is 11.8. The Bertz CT molecular complexity index is 438. The highest BCUT2D eigenvalue weighted by Crippen LogP contribution is 2.14. The van der Waals surface area contributed by atoms with Crippen molar-refractivity contribution >= 4 is 11.6 Å². The Morgan fingerprint density at radius 2 is 2.11 bits per heavy atom. The van der Waals surface area contributed by atoms with Gasteiger partial charge in [0.1, 0.15) is 6.54 Å². The smallest absolute Gasteiger partial charge is 0.241 e. The SMILES string of the molecule is Cc1nn(CC(=O)NCCN(C)C(C)C)c(C)c1N. The van der Waals surface area contributed by atoms with Crippen molar-refractivity contribution in [1.29, 1.82) is 0 Å². The van der Waals surface area contributed by atoms with E-state index in [4.69, 9.17) is 5.73 Å². The maximum Gasteiger partial charge on any atom is 0.241 e. The topological polar surface area (TPSA) is 76.2 Å². The van der Waals surface area contributed by atoms with E-state index in [0.717, 1.165) is 17.9 Å². The molecular formula is C13H25N5O. The van der Waals surface area contributed by atoms with Gasteiger partial charge in [-0.15, -0.1) is 0 Å². The normalized spacial score (nSPS) is 11.3. The minimum absolute atomic E-state index is 0.0391. The number of carbonyl (C=O) groups is 1. The quantitative estimate of drug-likeness (QED) is 0.788. The second kappa shape index (κ2) is 6.56. The fourth-order valence-electron chi connectivity index (χ4n) is 1.69. The molecule has 0 fully saturated rings. The predicted octanol–water partition coefficient (Wildman–Crippen LogP) is 0.539. The predicted molar refractivity (Wildman–Crippen MR) is 76.9 cm³/mol. The third-order valence-electron chi connectivity index (χ3n) is 3.40. The number of aromatic nitrogens is 2. The van der Waals surface area contributed by atoms with Gasteiger partial charge in [0.25, 0.3) is 0 Å². The van der Waals surface area contributed by atoms with Crippen molar-refractivity contribution < 1.29 is 4.79 Å². The van der Waals surface area contributed by atoms with E-state index >= 15 is 0 Å². The minimum Gasteiger partial charge on any atom is -0.396 e. The first kappa shape index (κ1) is 15.5. The molecule has 0 bridgehead atoms. The lowest BCUT2D eigenvalue weighted by atomic mass is 10.3. The van der Waals surface area contributed by atoms with Gasteiger partial charge in [0.15, 0.2) is 0 Å². The number of aryl methyl sites for hydroxylation is 1. The molecule has 1 amide bonds. The first-order valence-electron chi connectivity index (χ1n) is 6.59. The molecule has 0 saturated carbocycles. The van der Waals surface area contributed by atoms with Crippen LogP contribution in [-0.4, -0.2) is 46.8 Å². The van der Waals surface area contributed by atoms with Crippen LogP contribution in [0.25, 0.3) is 0 Å². The lowest BCUT2D eigenvalue weighted by Gasteiger charge is -2.20. The maximum absolute atomic E-state index is 11.8. The van der Waals surface area contributed by atoms with Crippen LogP contribution < -0.4 is 11.1 Å². The molecule has 1 rings (SSSR count). The second-order valence-corrected chi connectivity index (χ2v) is 5.17. The molecule has 6 nitrogen and oxygen atoms in total. The number of anilines is 1. The molecule has 0 saturated heterocycles. The van der Waals surface area contributed by atoms with Crippen molar-refractivity contribution in [3.8, 4) is 0 Å². The van der Waals surface area contributed by atoms with Gasteiger partial charge < -0.3 is 16.0 Å². The van der Waals surface area contributed by atoms with E-state index < -0.39 is 0 Å². The summed E-state index contributed by atoms with van der Waals surface area (Å²) in [7, 11) is 2.04. The fourth-order valence-corrected chi connectivity index (χ4v) is 1.69. The monoisotopic (exact) mass is 267 g/mol. The number of nitrogens with zero attached hydrogens (tertiary/aromatic N) is 3. The Morgan fingerprint density at radius 3 is 2.58 bits per heavy atom. The van der Waals surface area contributed by atoms with Crippen LogP contribution in [0.2, 0.25) is 0 Å². The Hall–Kier alpha value is -1.56. The molecule has 1 aromatic rings. The second-order valence-electron chi connectivity index (χ2n) is 5.17. The van der Waals surface area contributed by atoms with Crippen LogP contribution in [0.15, 0.2) is 0 Å². The molecular weight excluding hydrogens is 242 g/mol. The highest BCUT2D eigenvalue weighted by Gasteiger charge is 2.11. The highest BCUT2D eigenvalue weighted by molar-refractivity contribution is 5.75. The average Bonchev–Trinajstić information content (AvgIpc) is 2.56. The van der Waals surface area contributed by atoms with Gasteiger partial charge >= 0.3 is 0 Å². The first-order valence-corrected chi connectivity index (χ1v) is 6.59.